The van der Waals surface area contributed by atoms with Gasteiger partial charge in [-0.25, -0.2) is 8.42 Å². The summed E-state index contributed by atoms with van der Waals surface area (Å²) in [5.41, 5.74) is 0. The zero-order valence-electron chi connectivity index (χ0n) is 11.5. The first-order chi connectivity index (χ1) is 9.91. The van der Waals surface area contributed by atoms with Crippen molar-refractivity contribution >= 4 is 27.8 Å². The van der Waals surface area contributed by atoms with Gasteiger partial charge in [-0.2, -0.15) is 4.31 Å². The first-order valence-electron chi connectivity index (χ1n) is 5.96. The Kier molecular flexibility index (Phi) is 4.64. The van der Waals surface area contributed by atoms with Crippen molar-refractivity contribution in [2.24, 2.45) is 0 Å². The lowest BCUT2D eigenvalue weighted by atomic mass is 10.3. The summed E-state index contributed by atoms with van der Waals surface area (Å²) in [7, 11) is -1.04. The Morgan fingerprint density at radius 3 is 2.57 bits per heavy atom. The molecule has 1 unspecified atom stereocenters. The maximum Gasteiger partial charge on any atom is 0.322 e. The number of methoxy groups -OCH3 is 2. The molecule has 1 fully saturated rings. The molecule has 0 bridgehead atoms. The van der Waals surface area contributed by atoms with E-state index in [1.165, 1.54) is 44.2 Å². The molecule has 0 aliphatic carbocycles. The predicted octanol–water partition coefficient (Wildman–Crippen LogP) is 0.852. The van der Waals surface area contributed by atoms with Gasteiger partial charge in [0.25, 0.3) is 0 Å². The number of thioether (sulfide) groups is 1. The Hall–Kier alpha value is -1.45. The van der Waals surface area contributed by atoms with Crippen LogP contribution >= 0.6 is 11.8 Å². The molecule has 1 atom stereocenters. The molecular formula is C12H15NO6S2. The summed E-state index contributed by atoms with van der Waals surface area (Å²) in [6.45, 7) is 0. The van der Waals surface area contributed by atoms with E-state index in [1.807, 2.05) is 0 Å². The third-order valence-corrected chi connectivity index (χ3v) is 6.11. The lowest BCUT2D eigenvalue weighted by Gasteiger charge is -2.20. The van der Waals surface area contributed by atoms with E-state index >= 15 is 0 Å². The fourth-order valence-electron chi connectivity index (χ4n) is 1.97. The fraction of sp³-hybridized carbons (Fsp3) is 0.417. The molecule has 0 radical (unpaired) electrons. The second kappa shape index (κ2) is 6.12. The minimum absolute atomic E-state index is 0.0195. The highest BCUT2D eigenvalue weighted by Gasteiger charge is 2.40. The summed E-state index contributed by atoms with van der Waals surface area (Å²) in [5.74, 6) is -0.112. The number of nitrogens with zero attached hydrogens (tertiary/aromatic N) is 1. The molecule has 116 valence electrons. The van der Waals surface area contributed by atoms with Crippen molar-refractivity contribution in [3.05, 3.63) is 18.2 Å². The van der Waals surface area contributed by atoms with E-state index < -0.39 is 22.0 Å². The van der Waals surface area contributed by atoms with E-state index in [4.69, 9.17) is 14.6 Å². The predicted molar refractivity (Wildman–Crippen MR) is 77.3 cm³/mol. The van der Waals surface area contributed by atoms with Crippen molar-refractivity contribution in [3.8, 4) is 11.5 Å². The normalized spacial score (nSPS) is 19.4. The average molecular weight is 333 g/mol. The number of carbonyl (C=O) groups is 1. The highest BCUT2D eigenvalue weighted by molar-refractivity contribution is 8.00. The van der Waals surface area contributed by atoms with Gasteiger partial charge in [0.2, 0.25) is 10.0 Å². The highest BCUT2D eigenvalue weighted by atomic mass is 32.2. The average Bonchev–Trinajstić information content (AvgIpc) is 2.96. The van der Waals surface area contributed by atoms with Gasteiger partial charge in [0, 0.05) is 11.8 Å². The number of hydrogen-bond acceptors (Lipinski definition) is 6. The van der Waals surface area contributed by atoms with Gasteiger partial charge in [0.1, 0.15) is 6.04 Å². The molecule has 2 rings (SSSR count). The van der Waals surface area contributed by atoms with Crippen LogP contribution in [-0.4, -0.2) is 55.7 Å². The van der Waals surface area contributed by atoms with Crippen LogP contribution in [0.4, 0.5) is 0 Å². The van der Waals surface area contributed by atoms with Crippen molar-refractivity contribution in [2.45, 2.75) is 10.9 Å². The summed E-state index contributed by atoms with van der Waals surface area (Å²) in [4.78, 5) is 11.1. The van der Waals surface area contributed by atoms with Crippen LogP contribution in [0.2, 0.25) is 0 Å². The van der Waals surface area contributed by atoms with Gasteiger partial charge in [-0.15, -0.1) is 11.8 Å². The van der Waals surface area contributed by atoms with Crippen molar-refractivity contribution in [1.29, 1.82) is 0 Å². The summed E-state index contributed by atoms with van der Waals surface area (Å²) >= 11 is 1.27. The molecule has 1 aliphatic heterocycles. The molecule has 1 N–H and O–H groups in total. The van der Waals surface area contributed by atoms with E-state index in [0.29, 0.717) is 5.75 Å². The number of carboxylic acids is 1. The molecule has 21 heavy (non-hydrogen) atoms. The Labute approximate surface area is 126 Å². The molecule has 0 aromatic heterocycles. The van der Waals surface area contributed by atoms with Crippen LogP contribution in [0.15, 0.2) is 23.1 Å². The maximum atomic E-state index is 12.6. The molecule has 0 spiro atoms. The molecule has 1 aromatic carbocycles. The number of rotatable bonds is 5. The number of benzene rings is 1. The topological polar surface area (TPSA) is 93.1 Å². The molecular weight excluding hydrogens is 318 g/mol. The van der Waals surface area contributed by atoms with E-state index in [-0.39, 0.29) is 22.3 Å². The Bertz CT molecular complexity index is 645. The highest BCUT2D eigenvalue weighted by Crippen LogP contribution is 2.33. The molecule has 1 saturated heterocycles. The maximum absolute atomic E-state index is 12.6. The molecule has 1 heterocycles. The second-order valence-corrected chi connectivity index (χ2v) is 7.15. The summed E-state index contributed by atoms with van der Waals surface area (Å²) in [5, 5.41) is 9.11. The van der Waals surface area contributed by atoms with Gasteiger partial charge in [0.05, 0.1) is 25.0 Å². The van der Waals surface area contributed by atoms with Gasteiger partial charge in [-0.1, -0.05) is 0 Å². The Morgan fingerprint density at radius 1 is 1.33 bits per heavy atom. The second-order valence-electron chi connectivity index (χ2n) is 4.26. The zero-order chi connectivity index (χ0) is 15.6. The Balaban J connectivity index is 2.42. The van der Waals surface area contributed by atoms with Gasteiger partial charge >= 0.3 is 5.97 Å². The van der Waals surface area contributed by atoms with Gasteiger partial charge in [-0.05, 0) is 12.1 Å². The van der Waals surface area contributed by atoms with Crippen molar-refractivity contribution < 1.29 is 27.8 Å². The van der Waals surface area contributed by atoms with E-state index in [1.54, 1.807) is 0 Å². The van der Waals surface area contributed by atoms with Crippen molar-refractivity contribution in [2.75, 3.05) is 25.8 Å². The molecule has 0 amide bonds. The van der Waals surface area contributed by atoms with Crippen LogP contribution in [0.25, 0.3) is 0 Å². The van der Waals surface area contributed by atoms with Crippen LogP contribution in [0.1, 0.15) is 0 Å². The quantitative estimate of drug-likeness (QED) is 0.854. The summed E-state index contributed by atoms with van der Waals surface area (Å²) in [6.07, 6.45) is 0. The van der Waals surface area contributed by atoms with Crippen LogP contribution in [0.5, 0.6) is 11.5 Å². The third kappa shape index (κ3) is 2.94. The Morgan fingerprint density at radius 2 is 2.00 bits per heavy atom. The van der Waals surface area contributed by atoms with E-state index in [9.17, 15) is 13.2 Å². The fourth-order valence-corrected chi connectivity index (χ4v) is 5.12. The largest absolute Gasteiger partial charge is 0.493 e. The van der Waals surface area contributed by atoms with Gasteiger partial charge < -0.3 is 14.6 Å². The molecule has 0 saturated carbocycles. The minimum Gasteiger partial charge on any atom is -0.493 e. The zero-order valence-corrected chi connectivity index (χ0v) is 13.1. The number of sulfonamides is 1. The lowest BCUT2D eigenvalue weighted by molar-refractivity contribution is -0.140. The first-order valence-corrected chi connectivity index (χ1v) is 8.55. The van der Waals surface area contributed by atoms with E-state index in [2.05, 4.69) is 0 Å². The van der Waals surface area contributed by atoms with Crippen LogP contribution in [0.3, 0.4) is 0 Å². The summed E-state index contributed by atoms with van der Waals surface area (Å²) < 4.78 is 36.3. The molecule has 9 heteroatoms. The lowest BCUT2D eigenvalue weighted by Crippen LogP contribution is -2.41. The number of aliphatic carboxylic acids is 1. The minimum atomic E-state index is -3.89. The van der Waals surface area contributed by atoms with Gasteiger partial charge in [0.15, 0.2) is 11.5 Å². The van der Waals surface area contributed by atoms with Crippen LogP contribution in [-0.2, 0) is 14.8 Å². The van der Waals surface area contributed by atoms with Gasteiger partial charge in [-0.3, -0.25) is 4.79 Å². The van der Waals surface area contributed by atoms with E-state index in [0.717, 1.165) is 4.31 Å². The smallest absolute Gasteiger partial charge is 0.322 e. The van der Waals surface area contributed by atoms with Crippen molar-refractivity contribution in [1.82, 2.24) is 4.31 Å². The van der Waals surface area contributed by atoms with Crippen LogP contribution in [0, 0.1) is 0 Å². The van der Waals surface area contributed by atoms with Crippen LogP contribution < -0.4 is 9.47 Å². The molecule has 1 aliphatic rings. The first kappa shape index (κ1) is 15.9. The molecule has 7 nitrogen and oxygen atoms in total. The monoisotopic (exact) mass is 333 g/mol. The standard InChI is InChI=1S/C12H15NO6S2/c1-18-10-4-3-8(5-11(10)19-2)21(16,17)13-7-20-6-9(13)12(14)15/h3-5,9H,6-7H2,1-2H3,(H,14,15). The number of carboxylic acid groups (broad SMARTS) is 1. The SMILES string of the molecule is COc1ccc(S(=O)(=O)N2CSCC2C(=O)O)cc1OC. The van der Waals surface area contributed by atoms with Crippen molar-refractivity contribution in [3.63, 3.8) is 0 Å². The number of hydrogen-bond donors (Lipinski definition) is 1. The summed E-state index contributed by atoms with van der Waals surface area (Å²) in [6, 6.07) is 3.13. The number of ether oxygens (including phenoxy) is 2. The molecule has 1 aromatic rings. The third-order valence-electron chi connectivity index (χ3n) is 3.09.